The molecule has 3 aromatic rings. The first-order chi connectivity index (χ1) is 15.1. The van der Waals surface area contributed by atoms with Gasteiger partial charge >= 0.3 is 0 Å². The first kappa shape index (κ1) is 19.7. The smallest absolute Gasteiger partial charge is 0.254 e. The van der Waals surface area contributed by atoms with Gasteiger partial charge in [0.15, 0.2) is 0 Å². The number of carbonyl (C=O) groups excluding carboxylic acids is 2. The Balaban J connectivity index is 1.31. The predicted molar refractivity (Wildman–Crippen MR) is 121 cm³/mol. The summed E-state index contributed by atoms with van der Waals surface area (Å²) in [6.45, 7) is 3.26. The van der Waals surface area contributed by atoms with Crippen molar-refractivity contribution in [3.8, 4) is 0 Å². The average molecular weight is 414 g/mol. The maximum Gasteiger partial charge on any atom is 0.254 e. The molecule has 1 fully saturated rings. The summed E-state index contributed by atoms with van der Waals surface area (Å²) in [6.07, 6.45) is 4.49. The van der Waals surface area contributed by atoms with Gasteiger partial charge in [0.1, 0.15) is 0 Å². The Morgan fingerprint density at radius 2 is 1.74 bits per heavy atom. The highest BCUT2D eigenvalue weighted by atomic mass is 16.2. The van der Waals surface area contributed by atoms with E-state index in [0.717, 1.165) is 71.0 Å². The number of fused-ring (bicyclic) bond motifs is 2. The zero-order valence-corrected chi connectivity index (χ0v) is 17.9. The molecule has 5 heteroatoms. The van der Waals surface area contributed by atoms with Crippen LogP contribution in [0.15, 0.2) is 48.5 Å². The Kier molecular flexibility index (Phi) is 5.18. The molecule has 2 heterocycles. The number of rotatable bonds is 3. The molecule has 0 unspecified atom stereocenters. The molecule has 31 heavy (non-hydrogen) atoms. The van der Waals surface area contributed by atoms with E-state index < -0.39 is 0 Å². The van der Waals surface area contributed by atoms with Crippen molar-refractivity contribution in [2.45, 2.75) is 45.1 Å². The minimum absolute atomic E-state index is 0.0270. The van der Waals surface area contributed by atoms with Gasteiger partial charge < -0.3 is 10.2 Å². The lowest BCUT2D eigenvalue weighted by Gasteiger charge is -2.33. The zero-order chi connectivity index (χ0) is 21.4. The van der Waals surface area contributed by atoms with Gasteiger partial charge in [-0.1, -0.05) is 36.4 Å². The van der Waals surface area contributed by atoms with Crippen LogP contribution in [0.3, 0.4) is 0 Å². The van der Waals surface area contributed by atoms with E-state index in [1.54, 1.807) is 0 Å². The van der Waals surface area contributed by atoms with Crippen LogP contribution in [0.25, 0.3) is 10.9 Å². The Hall–Kier alpha value is -3.21. The first-order valence-electron chi connectivity index (χ1n) is 11.2. The van der Waals surface area contributed by atoms with Crippen molar-refractivity contribution in [2.24, 2.45) is 0 Å². The van der Waals surface area contributed by atoms with Crippen molar-refractivity contribution >= 4 is 22.7 Å². The molecule has 0 saturated carbocycles. The van der Waals surface area contributed by atoms with Gasteiger partial charge in [-0.15, -0.1) is 0 Å². The molecule has 5 rings (SSSR count). The van der Waals surface area contributed by atoms with Crippen LogP contribution in [0.1, 0.15) is 56.8 Å². The normalized spacial score (nSPS) is 16.4. The molecule has 2 aromatic carbocycles. The molecule has 1 saturated heterocycles. The second-order valence-electron chi connectivity index (χ2n) is 8.64. The monoisotopic (exact) mass is 413 g/mol. The highest BCUT2D eigenvalue weighted by Gasteiger charge is 2.30. The molecule has 0 atom stereocenters. The second kappa shape index (κ2) is 8.14. The Morgan fingerprint density at radius 3 is 2.55 bits per heavy atom. The van der Waals surface area contributed by atoms with Gasteiger partial charge in [0.05, 0.1) is 11.1 Å². The van der Waals surface area contributed by atoms with Gasteiger partial charge in [-0.3, -0.25) is 14.6 Å². The summed E-state index contributed by atoms with van der Waals surface area (Å²) in [7, 11) is 0. The number of hydrogen-bond acceptors (Lipinski definition) is 3. The van der Waals surface area contributed by atoms with Gasteiger partial charge in [-0.2, -0.15) is 0 Å². The van der Waals surface area contributed by atoms with E-state index in [0.29, 0.717) is 13.1 Å². The second-order valence-corrected chi connectivity index (χ2v) is 8.64. The molecule has 0 bridgehead atoms. The molecular weight excluding hydrogens is 386 g/mol. The van der Waals surface area contributed by atoms with Crippen molar-refractivity contribution < 1.29 is 9.59 Å². The quantitative estimate of drug-likeness (QED) is 0.704. The Morgan fingerprint density at radius 1 is 1.00 bits per heavy atom. The Labute approximate surface area is 182 Å². The highest BCUT2D eigenvalue weighted by molar-refractivity contribution is 6.08. The van der Waals surface area contributed by atoms with Crippen LogP contribution in [-0.2, 0) is 12.8 Å². The summed E-state index contributed by atoms with van der Waals surface area (Å²) >= 11 is 0. The SMILES string of the molecule is Cc1ccccc1C(=O)NC1CCN(C(=O)c2c3c(nc4ccccc24)CCC3)CC1. The lowest BCUT2D eigenvalue weighted by Crippen LogP contribution is -2.46. The van der Waals surface area contributed by atoms with Crippen molar-refractivity contribution in [1.82, 2.24) is 15.2 Å². The molecule has 0 spiro atoms. The van der Waals surface area contributed by atoms with Crippen molar-refractivity contribution in [1.29, 1.82) is 0 Å². The predicted octanol–water partition coefficient (Wildman–Crippen LogP) is 4.07. The molecule has 1 N–H and O–H groups in total. The van der Waals surface area contributed by atoms with E-state index >= 15 is 0 Å². The van der Waals surface area contributed by atoms with E-state index in [4.69, 9.17) is 4.98 Å². The van der Waals surface area contributed by atoms with E-state index in [9.17, 15) is 9.59 Å². The zero-order valence-electron chi connectivity index (χ0n) is 17.9. The Bertz CT molecular complexity index is 1160. The largest absolute Gasteiger partial charge is 0.349 e. The minimum Gasteiger partial charge on any atom is -0.349 e. The van der Waals surface area contributed by atoms with Crippen molar-refractivity contribution in [2.75, 3.05) is 13.1 Å². The molecular formula is C26H27N3O2. The van der Waals surface area contributed by atoms with Crippen molar-refractivity contribution in [3.63, 3.8) is 0 Å². The van der Waals surface area contributed by atoms with E-state index in [1.807, 2.05) is 60.4 Å². The number of amides is 2. The number of aryl methyl sites for hydroxylation is 2. The van der Waals surface area contributed by atoms with Crippen LogP contribution in [0.5, 0.6) is 0 Å². The van der Waals surface area contributed by atoms with E-state index in [1.165, 1.54) is 0 Å². The van der Waals surface area contributed by atoms with Gasteiger partial charge in [-0.05, 0) is 62.3 Å². The summed E-state index contributed by atoms with van der Waals surface area (Å²) in [5.41, 5.74) is 5.68. The number of nitrogens with one attached hydrogen (secondary N) is 1. The molecule has 1 aliphatic heterocycles. The molecule has 5 nitrogen and oxygen atoms in total. The molecule has 2 amide bonds. The molecule has 0 radical (unpaired) electrons. The highest BCUT2D eigenvalue weighted by Crippen LogP contribution is 2.31. The third-order valence-corrected chi connectivity index (χ3v) is 6.64. The lowest BCUT2D eigenvalue weighted by molar-refractivity contribution is 0.0699. The first-order valence-corrected chi connectivity index (χ1v) is 11.2. The van der Waals surface area contributed by atoms with Crippen LogP contribution >= 0.6 is 0 Å². The van der Waals surface area contributed by atoms with E-state index in [-0.39, 0.29) is 17.9 Å². The summed E-state index contributed by atoms with van der Waals surface area (Å²) in [5, 5.41) is 4.12. The van der Waals surface area contributed by atoms with Crippen LogP contribution in [0, 0.1) is 6.92 Å². The summed E-state index contributed by atoms with van der Waals surface area (Å²) in [6, 6.07) is 15.7. The number of aromatic nitrogens is 1. The molecule has 158 valence electrons. The third kappa shape index (κ3) is 3.69. The maximum atomic E-state index is 13.6. The topological polar surface area (TPSA) is 62.3 Å². The molecule has 2 aliphatic rings. The number of nitrogens with zero attached hydrogens (tertiary/aromatic N) is 2. The van der Waals surface area contributed by atoms with Gasteiger partial charge in [0, 0.05) is 35.8 Å². The number of hydrogen-bond donors (Lipinski definition) is 1. The average Bonchev–Trinajstić information content (AvgIpc) is 3.26. The van der Waals surface area contributed by atoms with Crippen LogP contribution in [0.4, 0.5) is 0 Å². The van der Waals surface area contributed by atoms with Crippen LogP contribution in [0.2, 0.25) is 0 Å². The molecule has 1 aromatic heterocycles. The van der Waals surface area contributed by atoms with Crippen LogP contribution in [-0.4, -0.2) is 40.8 Å². The fraction of sp³-hybridized carbons (Fsp3) is 0.346. The number of benzene rings is 2. The minimum atomic E-state index is -0.0270. The molecule has 1 aliphatic carbocycles. The number of pyridine rings is 1. The fourth-order valence-corrected chi connectivity index (χ4v) is 4.93. The van der Waals surface area contributed by atoms with E-state index in [2.05, 4.69) is 5.32 Å². The van der Waals surface area contributed by atoms with Gasteiger partial charge in [0.2, 0.25) is 0 Å². The van der Waals surface area contributed by atoms with Crippen LogP contribution < -0.4 is 5.32 Å². The summed E-state index contributed by atoms with van der Waals surface area (Å²) < 4.78 is 0. The van der Waals surface area contributed by atoms with Gasteiger partial charge in [-0.25, -0.2) is 0 Å². The number of carbonyl (C=O) groups is 2. The number of para-hydroxylation sites is 1. The standard InChI is InChI=1S/C26H27N3O2/c1-17-7-2-3-8-19(17)25(30)27-18-13-15-29(16-14-18)26(31)24-20-9-4-5-11-22(20)28-23-12-6-10-21(23)24/h2-5,7-9,11,18H,6,10,12-16H2,1H3,(H,27,30). The summed E-state index contributed by atoms with van der Waals surface area (Å²) in [5.74, 6) is 0.0845. The number of likely N-dealkylation sites (tertiary alicyclic amines) is 1. The fourth-order valence-electron chi connectivity index (χ4n) is 4.93. The number of piperidine rings is 1. The maximum absolute atomic E-state index is 13.6. The van der Waals surface area contributed by atoms with Crippen molar-refractivity contribution in [3.05, 3.63) is 76.5 Å². The summed E-state index contributed by atoms with van der Waals surface area (Å²) in [4.78, 5) is 33.0. The third-order valence-electron chi connectivity index (χ3n) is 6.64. The lowest BCUT2D eigenvalue weighted by atomic mass is 9.98. The van der Waals surface area contributed by atoms with Gasteiger partial charge in [0.25, 0.3) is 11.8 Å².